The molecule has 0 radical (unpaired) electrons. The summed E-state index contributed by atoms with van der Waals surface area (Å²) < 4.78 is 0. The SMILES string of the molecule is CC(CCC(=O)N1CCN(C(=O)O)CC1C)[C@H]1CC[C@H]2[C@@H]3CC[C@H]4C[C@@H](O)CC[C@]4(C)[C@H]3CC[C@]12C. The van der Waals surface area contributed by atoms with Crippen LogP contribution in [0.1, 0.15) is 98.3 Å². The quantitative estimate of drug-likeness (QED) is 0.522. The fourth-order valence-corrected chi connectivity index (χ4v) is 10.4. The molecule has 0 aromatic rings. The molecule has 36 heavy (non-hydrogen) atoms. The number of fused-ring (bicyclic) bond motifs is 5. The minimum Gasteiger partial charge on any atom is -0.465 e. The second kappa shape index (κ2) is 9.78. The van der Waals surface area contributed by atoms with Crippen molar-refractivity contribution >= 4 is 12.0 Å². The second-order valence-electron chi connectivity index (χ2n) is 14.0. The molecule has 10 atom stereocenters. The Morgan fingerprint density at radius 2 is 1.69 bits per heavy atom. The zero-order valence-corrected chi connectivity index (χ0v) is 23.1. The normalized spacial score (nSPS) is 45.4. The molecule has 0 bridgehead atoms. The van der Waals surface area contributed by atoms with Crippen LogP contribution >= 0.6 is 0 Å². The van der Waals surface area contributed by atoms with Gasteiger partial charge in [0.15, 0.2) is 0 Å². The van der Waals surface area contributed by atoms with Crippen molar-refractivity contribution < 1.29 is 19.8 Å². The van der Waals surface area contributed by atoms with E-state index in [0.717, 1.165) is 37.0 Å². The van der Waals surface area contributed by atoms with E-state index in [4.69, 9.17) is 0 Å². The molecule has 2 amide bonds. The molecule has 6 nitrogen and oxygen atoms in total. The van der Waals surface area contributed by atoms with Gasteiger partial charge in [-0.1, -0.05) is 20.8 Å². The van der Waals surface area contributed by atoms with Gasteiger partial charge in [-0.15, -0.1) is 0 Å². The molecule has 5 fully saturated rings. The van der Waals surface area contributed by atoms with Gasteiger partial charge in [-0.25, -0.2) is 4.79 Å². The van der Waals surface area contributed by atoms with Crippen LogP contribution in [0.25, 0.3) is 0 Å². The van der Waals surface area contributed by atoms with Crippen LogP contribution in [0.5, 0.6) is 0 Å². The fraction of sp³-hybridized carbons (Fsp3) is 0.933. The van der Waals surface area contributed by atoms with E-state index in [-0.39, 0.29) is 18.1 Å². The number of rotatable bonds is 4. The van der Waals surface area contributed by atoms with Crippen LogP contribution in [-0.4, -0.2) is 63.8 Å². The molecule has 0 aromatic carbocycles. The maximum Gasteiger partial charge on any atom is 0.407 e. The Labute approximate surface area is 218 Å². The zero-order chi connectivity index (χ0) is 25.8. The standard InChI is InChI=1S/C30H50N2O4/c1-19(5-10-27(34)32-16-15-31(28(35)36)18-20(32)2)24-8-9-25-23-7-6-21-17-22(33)11-13-29(21,3)26(23)12-14-30(24,25)4/h19-26,33H,5-18H2,1-4H3,(H,35,36)/t19?,20?,21-,22-,23-,24+,25-,26-,29-,30+/m0/s1. The first-order valence-corrected chi connectivity index (χ1v) is 15.0. The van der Waals surface area contributed by atoms with Crippen LogP contribution in [0.4, 0.5) is 4.79 Å². The lowest BCUT2D eigenvalue weighted by Gasteiger charge is -2.61. The Morgan fingerprint density at radius 3 is 2.42 bits per heavy atom. The van der Waals surface area contributed by atoms with Crippen molar-refractivity contribution in [3.05, 3.63) is 0 Å². The summed E-state index contributed by atoms with van der Waals surface area (Å²) in [5, 5.41) is 19.6. The van der Waals surface area contributed by atoms with Gasteiger partial charge in [-0.05, 0) is 117 Å². The number of carbonyl (C=O) groups is 2. The lowest BCUT2D eigenvalue weighted by Crippen LogP contribution is -2.55. The van der Waals surface area contributed by atoms with Gasteiger partial charge in [0.2, 0.25) is 5.91 Å². The maximum absolute atomic E-state index is 13.1. The number of aliphatic hydroxyl groups excluding tert-OH is 1. The van der Waals surface area contributed by atoms with Crippen LogP contribution in [-0.2, 0) is 4.79 Å². The molecule has 4 saturated carbocycles. The maximum atomic E-state index is 13.1. The highest BCUT2D eigenvalue weighted by atomic mass is 16.4. The summed E-state index contributed by atoms with van der Waals surface area (Å²) in [5.41, 5.74) is 0.836. The van der Waals surface area contributed by atoms with E-state index in [1.165, 1.54) is 49.8 Å². The molecule has 5 rings (SSSR count). The molecule has 4 aliphatic carbocycles. The van der Waals surface area contributed by atoms with Crippen molar-refractivity contribution in [2.24, 2.45) is 46.3 Å². The molecular weight excluding hydrogens is 452 g/mol. The molecule has 1 heterocycles. The lowest BCUT2D eigenvalue weighted by atomic mass is 9.44. The Hall–Kier alpha value is -1.30. The summed E-state index contributed by atoms with van der Waals surface area (Å²) in [4.78, 5) is 27.7. The van der Waals surface area contributed by atoms with E-state index in [2.05, 4.69) is 20.8 Å². The Kier molecular flexibility index (Phi) is 7.15. The number of aliphatic hydroxyl groups is 1. The van der Waals surface area contributed by atoms with Crippen molar-refractivity contribution in [3.63, 3.8) is 0 Å². The van der Waals surface area contributed by atoms with E-state index >= 15 is 0 Å². The number of amides is 2. The summed E-state index contributed by atoms with van der Waals surface area (Å²) >= 11 is 0. The third-order valence-corrected chi connectivity index (χ3v) is 12.4. The van der Waals surface area contributed by atoms with Crippen molar-refractivity contribution in [2.75, 3.05) is 19.6 Å². The predicted octanol–water partition coefficient (Wildman–Crippen LogP) is 5.63. The van der Waals surface area contributed by atoms with Gasteiger partial charge in [0.1, 0.15) is 0 Å². The minimum atomic E-state index is -0.884. The van der Waals surface area contributed by atoms with Gasteiger partial charge in [-0.2, -0.15) is 0 Å². The van der Waals surface area contributed by atoms with Crippen LogP contribution in [0.3, 0.4) is 0 Å². The summed E-state index contributed by atoms with van der Waals surface area (Å²) in [6.45, 7) is 10.9. The average Bonchev–Trinajstić information content (AvgIpc) is 3.20. The highest BCUT2D eigenvalue weighted by Crippen LogP contribution is 2.68. The highest BCUT2D eigenvalue weighted by Gasteiger charge is 2.60. The highest BCUT2D eigenvalue weighted by molar-refractivity contribution is 5.77. The van der Waals surface area contributed by atoms with Gasteiger partial charge in [-0.3, -0.25) is 4.79 Å². The third kappa shape index (κ3) is 4.37. The number of piperazine rings is 1. The second-order valence-corrected chi connectivity index (χ2v) is 14.0. The van der Waals surface area contributed by atoms with Gasteiger partial charge in [0.25, 0.3) is 0 Å². The number of nitrogens with zero attached hydrogens (tertiary/aromatic N) is 2. The monoisotopic (exact) mass is 502 g/mol. The topological polar surface area (TPSA) is 81.1 Å². The summed E-state index contributed by atoms with van der Waals surface area (Å²) in [5.74, 6) is 4.69. The van der Waals surface area contributed by atoms with Crippen LogP contribution in [0.15, 0.2) is 0 Å². The molecular formula is C30H50N2O4. The van der Waals surface area contributed by atoms with E-state index in [1.807, 2.05) is 11.8 Å². The molecule has 204 valence electrons. The number of carboxylic acid groups (broad SMARTS) is 1. The molecule has 2 unspecified atom stereocenters. The van der Waals surface area contributed by atoms with E-state index in [9.17, 15) is 19.8 Å². The molecule has 5 aliphatic rings. The third-order valence-electron chi connectivity index (χ3n) is 12.4. The molecule has 0 spiro atoms. The van der Waals surface area contributed by atoms with Crippen molar-refractivity contribution in [2.45, 2.75) is 110 Å². The van der Waals surface area contributed by atoms with Crippen LogP contribution in [0, 0.1) is 46.3 Å². The lowest BCUT2D eigenvalue weighted by molar-refractivity contribution is -0.136. The number of carbonyl (C=O) groups excluding carboxylic acids is 1. The Bertz CT molecular complexity index is 849. The largest absolute Gasteiger partial charge is 0.465 e. The fourth-order valence-electron chi connectivity index (χ4n) is 10.4. The van der Waals surface area contributed by atoms with Gasteiger partial charge in [0, 0.05) is 32.1 Å². The minimum absolute atomic E-state index is 0.0429. The van der Waals surface area contributed by atoms with Crippen molar-refractivity contribution in [1.29, 1.82) is 0 Å². The number of hydrogen-bond donors (Lipinski definition) is 2. The summed E-state index contributed by atoms with van der Waals surface area (Å²) in [7, 11) is 0. The first kappa shape index (κ1) is 26.3. The molecule has 6 heteroatoms. The first-order valence-electron chi connectivity index (χ1n) is 15.0. The van der Waals surface area contributed by atoms with E-state index in [0.29, 0.717) is 54.6 Å². The molecule has 1 saturated heterocycles. The Balaban J connectivity index is 1.19. The van der Waals surface area contributed by atoms with Crippen molar-refractivity contribution in [3.8, 4) is 0 Å². The van der Waals surface area contributed by atoms with Crippen molar-refractivity contribution in [1.82, 2.24) is 9.80 Å². The number of hydrogen-bond acceptors (Lipinski definition) is 3. The zero-order valence-electron chi connectivity index (χ0n) is 23.1. The summed E-state index contributed by atoms with van der Waals surface area (Å²) in [6, 6.07) is -0.0429. The summed E-state index contributed by atoms with van der Waals surface area (Å²) in [6.07, 6.45) is 11.8. The molecule has 2 N–H and O–H groups in total. The van der Waals surface area contributed by atoms with Crippen LogP contribution < -0.4 is 0 Å². The van der Waals surface area contributed by atoms with E-state index < -0.39 is 6.09 Å². The molecule has 0 aromatic heterocycles. The molecule has 1 aliphatic heterocycles. The first-order chi connectivity index (χ1) is 17.0. The van der Waals surface area contributed by atoms with Gasteiger partial charge < -0.3 is 20.0 Å². The van der Waals surface area contributed by atoms with Gasteiger partial charge in [0.05, 0.1) is 6.10 Å². The predicted molar refractivity (Wildman–Crippen MR) is 140 cm³/mol. The van der Waals surface area contributed by atoms with Gasteiger partial charge >= 0.3 is 6.09 Å². The van der Waals surface area contributed by atoms with Crippen LogP contribution in [0.2, 0.25) is 0 Å². The Morgan fingerprint density at radius 1 is 0.972 bits per heavy atom. The smallest absolute Gasteiger partial charge is 0.407 e. The average molecular weight is 503 g/mol. The van der Waals surface area contributed by atoms with E-state index in [1.54, 1.807) is 0 Å².